The molecule has 0 bridgehead atoms. The molecule has 1 amide bonds. The van der Waals surface area contributed by atoms with Gasteiger partial charge in [0.25, 0.3) is 0 Å². The molecule has 1 aromatic rings. The number of carboxylic acids is 2. The molecule has 0 aliphatic heterocycles. The van der Waals surface area contributed by atoms with Crippen molar-refractivity contribution >= 4 is 23.5 Å². The smallest absolute Gasteiger partial charge is 0.303 e. The van der Waals surface area contributed by atoms with Gasteiger partial charge in [-0.1, -0.05) is 44.6 Å². The van der Waals surface area contributed by atoms with Gasteiger partial charge in [-0.15, -0.1) is 0 Å². The molecule has 7 nitrogen and oxygen atoms in total. The highest BCUT2D eigenvalue weighted by atomic mass is 16.5. The molecule has 1 aromatic carbocycles. The van der Waals surface area contributed by atoms with E-state index < -0.39 is 11.9 Å². The van der Waals surface area contributed by atoms with Crippen molar-refractivity contribution in [3.63, 3.8) is 0 Å². The first-order valence-electron chi connectivity index (χ1n) is 10.9. The molecule has 0 saturated carbocycles. The van der Waals surface area contributed by atoms with Gasteiger partial charge in [0.1, 0.15) is 5.75 Å². The quantitative estimate of drug-likeness (QED) is 0.299. The number of unbranched alkanes of at least 4 members (excludes halogenated alkanes) is 7. The molecule has 0 aromatic heterocycles. The minimum Gasteiger partial charge on any atom is -0.491 e. The Bertz CT molecular complexity index is 674. The number of hydrogen-bond donors (Lipinski definition) is 3. The summed E-state index contributed by atoms with van der Waals surface area (Å²) in [4.78, 5) is 33.3. The summed E-state index contributed by atoms with van der Waals surface area (Å²) in [7, 11) is 0. The van der Waals surface area contributed by atoms with Crippen molar-refractivity contribution in [2.75, 3.05) is 11.9 Å². The number of aliphatic carboxylic acids is 2. The zero-order chi connectivity index (χ0) is 22.2. The maximum absolute atomic E-state index is 12.3. The predicted molar refractivity (Wildman–Crippen MR) is 116 cm³/mol. The zero-order valence-electron chi connectivity index (χ0n) is 18.0. The number of nitrogens with one attached hydrogen (secondary N) is 1. The largest absolute Gasteiger partial charge is 0.491 e. The van der Waals surface area contributed by atoms with Crippen LogP contribution >= 0.6 is 0 Å². The van der Waals surface area contributed by atoms with Gasteiger partial charge in [0.15, 0.2) is 0 Å². The zero-order valence-corrected chi connectivity index (χ0v) is 18.0. The van der Waals surface area contributed by atoms with Crippen LogP contribution in [0.4, 0.5) is 5.69 Å². The van der Waals surface area contributed by atoms with Gasteiger partial charge in [0.05, 0.1) is 12.3 Å². The van der Waals surface area contributed by atoms with Crippen LogP contribution in [0.2, 0.25) is 0 Å². The molecule has 0 atom stereocenters. The van der Waals surface area contributed by atoms with Crippen LogP contribution < -0.4 is 10.1 Å². The number of rotatable bonds is 17. The Morgan fingerprint density at radius 1 is 0.800 bits per heavy atom. The average Bonchev–Trinajstić information content (AvgIpc) is 2.67. The molecule has 1 rings (SSSR count). The lowest BCUT2D eigenvalue weighted by Gasteiger charge is -2.13. The number of carbonyl (C=O) groups is 3. The molecule has 7 heteroatoms. The van der Waals surface area contributed by atoms with Crippen LogP contribution in [-0.4, -0.2) is 34.7 Å². The van der Waals surface area contributed by atoms with Crippen LogP contribution in [0.15, 0.2) is 18.2 Å². The van der Waals surface area contributed by atoms with Gasteiger partial charge >= 0.3 is 11.9 Å². The molecule has 0 saturated heterocycles. The Morgan fingerprint density at radius 3 is 1.93 bits per heavy atom. The summed E-state index contributed by atoms with van der Waals surface area (Å²) in [6.45, 7) is 2.22. The van der Waals surface area contributed by atoms with Crippen molar-refractivity contribution in [3.05, 3.63) is 23.8 Å². The number of anilines is 1. The van der Waals surface area contributed by atoms with Crippen molar-refractivity contribution in [2.24, 2.45) is 0 Å². The fourth-order valence-corrected chi connectivity index (χ4v) is 3.11. The number of amides is 1. The summed E-state index contributed by atoms with van der Waals surface area (Å²) in [5.74, 6) is -1.07. The lowest BCUT2D eigenvalue weighted by atomic mass is 10.1. The number of carboxylic acid groups (broad SMARTS) is 2. The maximum atomic E-state index is 12.3. The van der Waals surface area contributed by atoms with E-state index in [0.29, 0.717) is 24.3 Å². The lowest BCUT2D eigenvalue weighted by Crippen LogP contribution is -2.13. The van der Waals surface area contributed by atoms with E-state index >= 15 is 0 Å². The second-order valence-electron chi connectivity index (χ2n) is 7.62. The fourth-order valence-electron chi connectivity index (χ4n) is 3.11. The van der Waals surface area contributed by atoms with Gasteiger partial charge in [0, 0.05) is 19.3 Å². The molecular formula is C23H35NO6. The fraction of sp³-hybridized carbons (Fsp3) is 0.609. The first-order chi connectivity index (χ1) is 14.4. The first kappa shape index (κ1) is 25.5. The first-order valence-corrected chi connectivity index (χ1v) is 10.9. The van der Waals surface area contributed by atoms with Crippen molar-refractivity contribution in [2.45, 2.75) is 84.0 Å². The van der Waals surface area contributed by atoms with Crippen molar-refractivity contribution < 1.29 is 29.3 Å². The van der Waals surface area contributed by atoms with Gasteiger partial charge < -0.3 is 20.3 Å². The predicted octanol–water partition coefficient (Wildman–Crippen LogP) is 5.16. The highest BCUT2D eigenvalue weighted by Gasteiger charge is 2.09. The Balaban J connectivity index is 2.22. The Labute approximate surface area is 178 Å². The summed E-state index contributed by atoms with van der Waals surface area (Å²) in [5, 5.41) is 20.2. The maximum Gasteiger partial charge on any atom is 0.303 e. The minimum absolute atomic E-state index is 0.0512. The summed E-state index contributed by atoms with van der Waals surface area (Å²) < 4.78 is 5.64. The third-order valence-electron chi connectivity index (χ3n) is 4.75. The monoisotopic (exact) mass is 421 g/mol. The van der Waals surface area contributed by atoms with Gasteiger partial charge in [-0.2, -0.15) is 0 Å². The second kappa shape index (κ2) is 15.3. The molecule has 0 aliphatic carbocycles. The van der Waals surface area contributed by atoms with Crippen LogP contribution in [0.3, 0.4) is 0 Å². The van der Waals surface area contributed by atoms with E-state index in [1.165, 1.54) is 0 Å². The summed E-state index contributed by atoms with van der Waals surface area (Å²) in [6.07, 6.45) is 9.07. The second-order valence-corrected chi connectivity index (χ2v) is 7.62. The number of ether oxygens (including phenoxy) is 1. The molecule has 0 unspecified atom stereocenters. The molecule has 0 fully saturated rings. The van der Waals surface area contributed by atoms with Crippen LogP contribution in [0, 0.1) is 6.92 Å². The van der Waals surface area contributed by atoms with Crippen LogP contribution in [-0.2, 0) is 14.4 Å². The summed E-state index contributed by atoms with van der Waals surface area (Å²) >= 11 is 0. The molecule has 3 N–H and O–H groups in total. The minimum atomic E-state index is -0.853. The molecular weight excluding hydrogens is 386 g/mol. The van der Waals surface area contributed by atoms with E-state index in [9.17, 15) is 14.4 Å². The summed E-state index contributed by atoms with van der Waals surface area (Å²) in [5.41, 5.74) is 1.63. The van der Waals surface area contributed by atoms with Gasteiger partial charge in [-0.3, -0.25) is 14.4 Å². The topological polar surface area (TPSA) is 113 Å². The van der Waals surface area contributed by atoms with Crippen molar-refractivity contribution in [3.8, 4) is 5.75 Å². The molecule has 168 valence electrons. The third kappa shape index (κ3) is 12.8. The Kier molecular flexibility index (Phi) is 13.0. The Hall–Kier alpha value is -2.57. The van der Waals surface area contributed by atoms with Crippen molar-refractivity contribution in [1.82, 2.24) is 0 Å². The van der Waals surface area contributed by atoms with E-state index in [0.717, 1.165) is 56.9 Å². The molecule has 0 heterocycles. The van der Waals surface area contributed by atoms with Gasteiger partial charge in [-0.25, -0.2) is 0 Å². The van der Waals surface area contributed by atoms with Crippen LogP contribution in [0.25, 0.3) is 0 Å². The van der Waals surface area contributed by atoms with Gasteiger partial charge in [-0.05, 0) is 43.9 Å². The SMILES string of the molecule is Cc1ccc(OCCCC(=O)O)c(NC(=O)CCCCCCCCCCC(=O)O)c1. The van der Waals surface area contributed by atoms with Gasteiger partial charge in [0.2, 0.25) is 5.91 Å². The number of benzene rings is 1. The van der Waals surface area contributed by atoms with E-state index in [1.807, 2.05) is 19.1 Å². The molecule has 0 radical (unpaired) electrons. The lowest BCUT2D eigenvalue weighted by molar-refractivity contribution is -0.138. The number of carbonyl (C=O) groups excluding carboxylic acids is 1. The molecule has 0 spiro atoms. The highest BCUT2D eigenvalue weighted by Crippen LogP contribution is 2.26. The molecule has 30 heavy (non-hydrogen) atoms. The number of aryl methyl sites for hydroxylation is 1. The van der Waals surface area contributed by atoms with Crippen LogP contribution in [0.5, 0.6) is 5.75 Å². The number of hydrogen-bond acceptors (Lipinski definition) is 4. The standard InChI is InChI=1S/C23H35NO6/c1-18-14-15-20(30-16-10-13-23(28)29)19(17-18)24-21(25)11-8-6-4-2-3-5-7-9-12-22(26)27/h14-15,17H,2-13,16H2,1H3,(H,24,25)(H,26,27)(H,28,29). The van der Waals surface area contributed by atoms with E-state index in [1.54, 1.807) is 6.07 Å². The molecule has 0 aliphatic rings. The highest BCUT2D eigenvalue weighted by molar-refractivity contribution is 5.92. The summed E-state index contributed by atoms with van der Waals surface area (Å²) in [6, 6.07) is 5.54. The third-order valence-corrected chi connectivity index (χ3v) is 4.75. The Morgan fingerprint density at radius 2 is 1.33 bits per heavy atom. The van der Waals surface area contributed by atoms with E-state index in [4.69, 9.17) is 14.9 Å². The van der Waals surface area contributed by atoms with E-state index in [2.05, 4.69) is 5.32 Å². The van der Waals surface area contributed by atoms with Crippen molar-refractivity contribution in [1.29, 1.82) is 0 Å². The van der Waals surface area contributed by atoms with E-state index in [-0.39, 0.29) is 25.4 Å². The normalized spacial score (nSPS) is 10.6. The average molecular weight is 422 g/mol. The van der Waals surface area contributed by atoms with Crippen LogP contribution in [0.1, 0.15) is 82.6 Å².